The second kappa shape index (κ2) is 4.24. The summed E-state index contributed by atoms with van der Waals surface area (Å²) in [6.45, 7) is 0. The van der Waals surface area contributed by atoms with Crippen molar-refractivity contribution >= 4 is 10.9 Å². The molecular formula is C15H12N2O2. The average molecular weight is 252 g/mol. The highest BCUT2D eigenvalue weighted by Gasteiger charge is 2.10. The number of hydrogen-bond donors (Lipinski definition) is 1. The Bertz CT molecular complexity index is 807. The van der Waals surface area contributed by atoms with E-state index in [0.717, 1.165) is 16.5 Å². The van der Waals surface area contributed by atoms with E-state index >= 15 is 0 Å². The molecule has 4 heteroatoms. The lowest BCUT2D eigenvalue weighted by atomic mass is 10.1. The zero-order valence-corrected chi connectivity index (χ0v) is 10.4. The Morgan fingerprint density at radius 2 is 1.84 bits per heavy atom. The standard InChI is InChI=1S/C15H12N2O2/c1-17-13-8-7-11(18)9-12(13)14(16-15(17)19)10-5-3-2-4-6-10/h2-9,18H,1H3. The van der Waals surface area contributed by atoms with Crippen LogP contribution in [0.25, 0.3) is 22.2 Å². The summed E-state index contributed by atoms with van der Waals surface area (Å²) in [6.07, 6.45) is 0. The molecule has 94 valence electrons. The molecule has 0 saturated heterocycles. The Hall–Kier alpha value is -2.62. The maximum atomic E-state index is 11.9. The van der Waals surface area contributed by atoms with Crippen molar-refractivity contribution in [1.82, 2.24) is 9.55 Å². The van der Waals surface area contributed by atoms with Crippen LogP contribution in [0.4, 0.5) is 0 Å². The summed E-state index contributed by atoms with van der Waals surface area (Å²) in [4.78, 5) is 16.0. The van der Waals surface area contributed by atoms with E-state index in [1.165, 1.54) is 4.57 Å². The maximum absolute atomic E-state index is 11.9. The molecule has 0 radical (unpaired) electrons. The van der Waals surface area contributed by atoms with Crippen LogP contribution in [0.3, 0.4) is 0 Å². The maximum Gasteiger partial charge on any atom is 0.348 e. The van der Waals surface area contributed by atoms with Gasteiger partial charge in [0.2, 0.25) is 0 Å². The number of nitrogens with zero attached hydrogens (tertiary/aromatic N) is 2. The molecule has 0 amide bonds. The first-order valence-electron chi connectivity index (χ1n) is 5.92. The number of benzene rings is 2. The normalized spacial score (nSPS) is 10.8. The van der Waals surface area contributed by atoms with Gasteiger partial charge in [0.25, 0.3) is 0 Å². The fourth-order valence-electron chi connectivity index (χ4n) is 2.16. The van der Waals surface area contributed by atoms with Gasteiger partial charge in [-0.15, -0.1) is 0 Å². The Morgan fingerprint density at radius 3 is 2.58 bits per heavy atom. The summed E-state index contributed by atoms with van der Waals surface area (Å²) in [7, 11) is 1.67. The minimum atomic E-state index is -0.308. The van der Waals surface area contributed by atoms with Crippen LogP contribution in [0, 0.1) is 0 Å². The molecule has 1 heterocycles. The van der Waals surface area contributed by atoms with E-state index in [0.29, 0.717) is 5.69 Å². The molecule has 19 heavy (non-hydrogen) atoms. The van der Waals surface area contributed by atoms with Gasteiger partial charge in [0.15, 0.2) is 0 Å². The van der Waals surface area contributed by atoms with Crippen LogP contribution in [0.5, 0.6) is 5.75 Å². The Kier molecular flexibility index (Phi) is 2.56. The molecule has 0 saturated carbocycles. The lowest BCUT2D eigenvalue weighted by Gasteiger charge is -2.09. The highest BCUT2D eigenvalue weighted by atomic mass is 16.3. The molecule has 3 aromatic rings. The number of rotatable bonds is 1. The Labute approximate surface area is 109 Å². The van der Waals surface area contributed by atoms with Crippen LogP contribution in [0.15, 0.2) is 53.3 Å². The first kappa shape index (κ1) is 11.5. The van der Waals surface area contributed by atoms with Crippen LogP contribution >= 0.6 is 0 Å². The molecule has 3 rings (SSSR count). The van der Waals surface area contributed by atoms with E-state index in [2.05, 4.69) is 4.98 Å². The predicted octanol–water partition coefficient (Wildman–Crippen LogP) is 2.31. The summed E-state index contributed by atoms with van der Waals surface area (Å²) in [5.74, 6) is 0.158. The lowest BCUT2D eigenvalue weighted by molar-refractivity contribution is 0.476. The van der Waals surface area contributed by atoms with Crippen LogP contribution in [0.2, 0.25) is 0 Å². The minimum Gasteiger partial charge on any atom is -0.508 e. The minimum absolute atomic E-state index is 0.158. The third-order valence-electron chi connectivity index (χ3n) is 3.14. The van der Waals surface area contributed by atoms with Gasteiger partial charge in [-0.05, 0) is 18.2 Å². The summed E-state index contributed by atoms with van der Waals surface area (Å²) in [5.41, 5.74) is 1.89. The van der Waals surface area contributed by atoms with E-state index in [4.69, 9.17) is 0 Å². The quantitative estimate of drug-likeness (QED) is 0.723. The van der Waals surface area contributed by atoms with Crippen LogP contribution in [-0.4, -0.2) is 14.7 Å². The lowest BCUT2D eigenvalue weighted by Crippen LogP contribution is -2.20. The van der Waals surface area contributed by atoms with Gasteiger partial charge >= 0.3 is 5.69 Å². The number of aromatic nitrogens is 2. The molecule has 0 aliphatic carbocycles. The van der Waals surface area contributed by atoms with E-state index in [9.17, 15) is 9.90 Å². The van der Waals surface area contributed by atoms with E-state index in [-0.39, 0.29) is 11.4 Å². The molecule has 4 nitrogen and oxygen atoms in total. The van der Waals surface area contributed by atoms with Gasteiger partial charge in [-0.25, -0.2) is 4.79 Å². The Morgan fingerprint density at radius 1 is 1.11 bits per heavy atom. The van der Waals surface area contributed by atoms with E-state index in [1.807, 2.05) is 30.3 Å². The van der Waals surface area contributed by atoms with Crippen molar-refractivity contribution < 1.29 is 5.11 Å². The van der Waals surface area contributed by atoms with Gasteiger partial charge in [0, 0.05) is 18.0 Å². The van der Waals surface area contributed by atoms with Gasteiger partial charge in [0.1, 0.15) is 5.75 Å². The smallest absolute Gasteiger partial charge is 0.348 e. The van der Waals surface area contributed by atoms with Crippen molar-refractivity contribution in [2.24, 2.45) is 7.05 Å². The summed E-state index contributed by atoms with van der Waals surface area (Å²) in [6, 6.07) is 14.4. The number of phenols is 1. The highest BCUT2D eigenvalue weighted by Crippen LogP contribution is 2.27. The SMILES string of the molecule is Cn1c(=O)nc(-c2ccccc2)c2cc(O)ccc21. The van der Waals surface area contributed by atoms with E-state index < -0.39 is 0 Å². The molecule has 0 aliphatic heterocycles. The van der Waals surface area contributed by atoms with Crippen molar-refractivity contribution in [2.75, 3.05) is 0 Å². The molecule has 1 aromatic heterocycles. The second-order valence-electron chi connectivity index (χ2n) is 4.37. The van der Waals surface area contributed by atoms with Crippen molar-refractivity contribution in [1.29, 1.82) is 0 Å². The van der Waals surface area contributed by atoms with Crippen molar-refractivity contribution in [3.63, 3.8) is 0 Å². The van der Waals surface area contributed by atoms with E-state index in [1.54, 1.807) is 25.2 Å². The van der Waals surface area contributed by atoms with Crippen molar-refractivity contribution in [3.05, 3.63) is 59.0 Å². The molecule has 0 aliphatic rings. The fourth-order valence-corrected chi connectivity index (χ4v) is 2.16. The monoisotopic (exact) mass is 252 g/mol. The zero-order chi connectivity index (χ0) is 13.4. The highest BCUT2D eigenvalue weighted by molar-refractivity contribution is 5.93. The van der Waals surface area contributed by atoms with Crippen molar-refractivity contribution in [3.8, 4) is 17.0 Å². The number of fused-ring (bicyclic) bond motifs is 1. The number of aryl methyl sites for hydroxylation is 1. The van der Waals surface area contributed by atoms with Crippen LogP contribution in [0.1, 0.15) is 0 Å². The molecule has 2 aromatic carbocycles. The molecule has 0 bridgehead atoms. The third kappa shape index (κ3) is 1.87. The topological polar surface area (TPSA) is 55.1 Å². The van der Waals surface area contributed by atoms with Gasteiger partial charge in [-0.2, -0.15) is 4.98 Å². The van der Waals surface area contributed by atoms with Gasteiger partial charge in [0.05, 0.1) is 11.2 Å². The van der Waals surface area contributed by atoms with Crippen molar-refractivity contribution in [2.45, 2.75) is 0 Å². The Balaban J connectivity index is 2.45. The summed E-state index contributed by atoms with van der Waals surface area (Å²) < 4.78 is 1.47. The van der Waals surface area contributed by atoms with Gasteiger partial charge < -0.3 is 5.11 Å². The largest absolute Gasteiger partial charge is 0.508 e. The molecule has 0 unspecified atom stereocenters. The predicted molar refractivity (Wildman–Crippen MR) is 74.1 cm³/mol. The number of aromatic hydroxyl groups is 1. The second-order valence-corrected chi connectivity index (χ2v) is 4.37. The average Bonchev–Trinajstić information content (AvgIpc) is 2.43. The first-order valence-corrected chi connectivity index (χ1v) is 5.92. The fraction of sp³-hybridized carbons (Fsp3) is 0.0667. The first-order chi connectivity index (χ1) is 9.16. The molecular weight excluding hydrogens is 240 g/mol. The molecule has 0 atom stereocenters. The molecule has 0 fully saturated rings. The zero-order valence-electron chi connectivity index (χ0n) is 10.4. The van der Waals surface area contributed by atoms with Gasteiger partial charge in [-0.3, -0.25) is 4.57 Å². The summed E-state index contributed by atoms with van der Waals surface area (Å²) in [5, 5.41) is 10.4. The van der Waals surface area contributed by atoms with Crippen LogP contribution in [-0.2, 0) is 7.05 Å². The molecule has 1 N–H and O–H groups in total. The third-order valence-corrected chi connectivity index (χ3v) is 3.14. The number of phenolic OH excluding ortho intramolecular Hbond substituents is 1. The number of hydrogen-bond acceptors (Lipinski definition) is 3. The molecule has 0 spiro atoms. The summed E-state index contributed by atoms with van der Waals surface area (Å²) >= 11 is 0. The van der Waals surface area contributed by atoms with Gasteiger partial charge in [-0.1, -0.05) is 30.3 Å². The van der Waals surface area contributed by atoms with Crippen LogP contribution < -0.4 is 5.69 Å².